The number of hydrogen-bond donors (Lipinski definition) is 0. The van der Waals surface area contributed by atoms with E-state index in [1.807, 2.05) is 31.2 Å². The number of carbonyl (C=O) groups is 2. The summed E-state index contributed by atoms with van der Waals surface area (Å²) in [5.74, 6) is 1.07. The highest BCUT2D eigenvalue weighted by Crippen LogP contribution is 2.31. The molecule has 1 aromatic rings. The third kappa shape index (κ3) is 6.74. The van der Waals surface area contributed by atoms with Crippen molar-refractivity contribution in [3.63, 3.8) is 0 Å². The molecule has 0 aliphatic heterocycles. The second kappa shape index (κ2) is 11.8. The van der Waals surface area contributed by atoms with Crippen LogP contribution >= 0.6 is 0 Å². The molecule has 0 aromatic heterocycles. The van der Waals surface area contributed by atoms with Crippen LogP contribution < -0.4 is 0 Å². The van der Waals surface area contributed by atoms with Gasteiger partial charge in [-0.05, 0) is 45.1 Å². The maximum Gasteiger partial charge on any atom is 0.324 e. The average molecular weight is 383 g/mol. The predicted octanol–water partition coefficient (Wildman–Crippen LogP) is 4.65. The smallest absolute Gasteiger partial charge is 0.324 e. The topological polar surface area (TPSA) is 52.6 Å². The number of carbonyl (C=O) groups excluding carboxylic acids is 2. The average Bonchev–Trinajstić information content (AvgIpc) is 2.70. The van der Waals surface area contributed by atoms with Gasteiger partial charge in [-0.2, -0.15) is 0 Å². The van der Waals surface area contributed by atoms with Gasteiger partial charge < -0.3 is 9.47 Å². The molecule has 0 saturated carbocycles. The number of rotatable bonds is 10. The van der Waals surface area contributed by atoms with Gasteiger partial charge in [0.15, 0.2) is 5.41 Å². The fraction of sp³-hybridized carbons (Fsp3) is 0.417. The quantitative estimate of drug-likeness (QED) is 0.256. The molecule has 0 N–H and O–H groups in total. The molecule has 150 valence electrons. The van der Waals surface area contributed by atoms with Crippen molar-refractivity contribution < 1.29 is 19.1 Å². The predicted molar refractivity (Wildman–Crippen MR) is 111 cm³/mol. The lowest BCUT2D eigenvalue weighted by molar-refractivity contribution is -0.168. The van der Waals surface area contributed by atoms with E-state index in [1.54, 1.807) is 0 Å². The summed E-state index contributed by atoms with van der Waals surface area (Å²) in [6.45, 7) is 4.11. The van der Waals surface area contributed by atoms with Crippen molar-refractivity contribution in [3.05, 3.63) is 59.2 Å². The Morgan fingerprint density at radius 3 is 2.18 bits per heavy atom. The van der Waals surface area contributed by atoms with Crippen LogP contribution in [0.1, 0.15) is 45.1 Å². The Kier molecular flexibility index (Phi) is 9.81. The summed E-state index contributed by atoms with van der Waals surface area (Å²) < 4.78 is 9.64. The Morgan fingerprint density at radius 1 is 1.04 bits per heavy atom. The lowest BCUT2D eigenvalue weighted by Crippen LogP contribution is -2.40. The number of terminal acetylenes is 1. The first-order valence-electron chi connectivity index (χ1n) is 9.35. The molecule has 0 amide bonds. The zero-order valence-corrected chi connectivity index (χ0v) is 17.3. The van der Waals surface area contributed by atoms with Crippen molar-refractivity contribution in [2.24, 2.45) is 5.41 Å². The van der Waals surface area contributed by atoms with Crippen molar-refractivity contribution in [2.45, 2.75) is 46.0 Å². The van der Waals surface area contributed by atoms with Crippen LogP contribution in [-0.2, 0) is 25.5 Å². The van der Waals surface area contributed by atoms with E-state index >= 15 is 0 Å². The number of esters is 2. The van der Waals surface area contributed by atoms with Gasteiger partial charge in [-0.3, -0.25) is 9.59 Å². The minimum atomic E-state index is -1.49. The molecule has 28 heavy (non-hydrogen) atoms. The SMILES string of the molecule is C#CCC(C/C=C(\C)CC/C=C(\C)Cc1ccccc1)(C(=O)OC)C(=O)OC. The normalized spacial score (nSPS) is 12.2. The van der Waals surface area contributed by atoms with E-state index < -0.39 is 17.4 Å². The minimum absolute atomic E-state index is 0.0633. The van der Waals surface area contributed by atoms with Crippen LogP contribution in [0.2, 0.25) is 0 Å². The van der Waals surface area contributed by atoms with Gasteiger partial charge in [0.2, 0.25) is 0 Å². The van der Waals surface area contributed by atoms with Gasteiger partial charge in [-0.25, -0.2) is 0 Å². The molecule has 1 aromatic carbocycles. The van der Waals surface area contributed by atoms with Crippen LogP contribution in [0.3, 0.4) is 0 Å². The summed E-state index contributed by atoms with van der Waals surface area (Å²) in [5, 5.41) is 0. The van der Waals surface area contributed by atoms with Crippen LogP contribution in [-0.4, -0.2) is 26.2 Å². The van der Waals surface area contributed by atoms with Crippen LogP contribution in [0.15, 0.2) is 53.6 Å². The second-order valence-corrected chi connectivity index (χ2v) is 6.95. The molecule has 0 spiro atoms. The molecule has 0 radical (unpaired) electrons. The summed E-state index contributed by atoms with van der Waals surface area (Å²) in [7, 11) is 2.49. The molecule has 1 rings (SSSR count). The van der Waals surface area contributed by atoms with Gasteiger partial charge in [0.05, 0.1) is 14.2 Å². The molecule has 0 atom stereocenters. The Balaban J connectivity index is 2.74. The van der Waals surface area contributed by atoms with Crippen molar-refractivity contribution in [1.82, 2.24) is 0 Å². The molecule has 0 aliphatic rings. The number of ether oxygens (including phenoxy) is 2. The Hall–Kier alpha value is -2.80. The monoisotopic (exact) mass is 382 g/mol. The summed E-state index contributed by atoms with van der Waals surface area (Å²) in [6.07, 6.45) is 12.2. The fourth-order valence-electron chi connectivity index (χ4n) is 3.02. The van der Waals surface area contributed by atoms with Crippen LogP contribution in [0.4, 0.5) is 0 Å². The molecule has 0 saturated heterocycles. The molecule has 4 nitrogen and oxygen atoms in total. The molecule has 4 heteroatoms. The number of allylic oxidation sites excluding steroid dienone is 4. The summed E-state index contributed by atoms with van der Waals surface area (Å²) >= 11 is 0. The van der Waals surface area contributed by atoms with Crippen molar-refractivity contribution in [1.29, 1.82) is 0 Å². The molecule has 0 fully saturated rings. The Bertz CT molecular complexity index is 735. The standard InChI is InChI=1S/C24H30O4/c1-6-16-24(22(25)27-4,23(26)28-5)17-15-19(2)11-10-12-20(3)18-21-13-8-7-9-14-21/h1,7-9,12-15H,10-11,16-18H2,2-5H3/b19-15+,20-12+. The van der Waals surface area contributed by atoms with Gasteiger partial charge in [0.1, 0.15) is 0 Å². The maximum atomic E-state index is 12.3. The van der Waals surface area contributed by atoms with Gasteiger partial charge in [0, 0.05) is 6.42 Å². The third-order valence-corrected chi connectivity index (χ3v) is 4.71. The summed E-state index contributed by atoms with van der Waals surface area (Å²) in [5.41, 5.74) is 2.19. The Morgan fingerprint density at radius 2 is 1.64 bits per heavy atom. The maximum absolute atomic E-state index is 12.3. The van der Waals surface area contributed by atoms with Gasteiger partial charge in [-0.1, -0.05) is 53.6 Å². The van der Waals surface area contributed by atoms with Crippen molar-refractivity contribution in [3.8, 4) is 12.3 Å². The molecule has 0 aliphatic carbocycles. The van der Waals surface area contributed by atoms with E-state index in [0.29, 0.717) is 0 Å². The van der Waals surface area contributed by atoms with E-state index in [9.17, 15) is 9.59 Å². The van der Waals surface area contributed by atoms with E-state index in [-0.39, 0.29) is 12.8 Å². The van der Waals surface area contributed by atoms with Gasteiger partial charge in [0.25, 0.3) is 0 Å². The van der Waals surface area contributed by atoms with E-state index in [0.717, 1.165) is 24.8 Å². The second-order valence-electron chi connectivity index (χ2n) is 6.95. The highest BCUT2D eigenvalue weighted by Gasteiger charge is 2.47. The van der Waals surface area contributed by atoms with Crippen molar-refractivity contribution >= 4 is 11.9 Å². The van der Waals surface area contributed by atoms with Crippen LogP contribution in [0, 0.1) is 17.8 Å². The zero-order chi connectivity index (χ0) is 21.0. The van der Waals surface area contributed by atoms with E-state index in [1.165, 1.54) is 25.4 Å². The number of methoxy groups -OCH3 is 2. The molecular formula is C24H30O4. The van der Waals surface area contributed by atoms with E-state index in [4.69, 9.17) is 15.9 Å². The number of hydrogen-bond acceptors (Lipinski definition) is 4. The summed E-state index contributed by atoms with van der Waals surface area (Å²) in [4.78, 5) is 24.5. The first kappa shape index (κ1) is 23.2. The van der Waals surface area contributed by atoms with Crippen LogP contribution in [0.5, 0.6) is 0 Å². The van der Waals surface area contributed by atoms with Crippen LogP contribution in [0.25, 0.3) is 0 Å². The van der Waals surface area contributed by atoms with Gasteiger partial charge >= 0.3 is 11.9 Å². The fourth-order valence-corrected chi connectivity index (χ4v) is 3.02. The highest BCUT2D eigenvalue weighted by atomic mass is 16.5. The van der Waals surface area contributed by atoms with E-state index in [2.05, 4.69) is 31.1 Å². The third-order valence-electron chi connectivity index (χ3n) is 4.71. The summed E-state index contributed by atoms with van der Waals surface area (Å²) in [6, 6.07) is 10.3. The molecule has 0 unspecified atom stereocenters. The largest absolute Gasteiger partial charge is 0.468 e. The Labute approximate surface area is 168 Å². The lowest BCUT2D eigenvalue weighted by atomic mass is 9.80. The first-order valence-corrected chi connectivity index (χ1v) is 9.35. The lowest BCUT2D eigenvalue weighted by Gasteiger charge is -2.25. The van der Waals surface area contributed by atoms with Crippen molar-refractivity contribution in [2.75, 3.05) is 14.2 Å². The van der Waals surface area contributed by atoms with Gasteiger partial charge in [-0.15, -0.1) is 12.3 Å². The number of benzene rings is 1. The molecular weight excluding hydrogens is 352 g/mol. The highest BCUT2D eigenvalue weighted by molar-refractivity contribution is 6.00. The first-order chi connectivity index (χ1) is 13.4. The minimum Gasteiger partial charge on any atom is -0.468 e. The zero-order valence-electron chi connectivity index (χ0n) is 17.3. The molecule has 0 heterocycles. The molecule has 0 bridgehead atoms.